The maximum Gasteiger partial charge on any atom is 0.511 e. The molecule has 0 atom stereocenters. The zero-order valence-corrected chi connectivity index (χ0v) is 22.2. The number of nitrogens with one attached hydrogen (secondary N) is 1. The molecule has 10 nitrogen and oxygen atoms in total. The molecule has 206 valence electrons. The average molecular weight is 543 g/mol. The molecule has 0 saturated heterocycles. The minimum absolute atomic E-state index is 0.0244. The number of pyridine rings is 1. The summed E-state index contributed by atoms with van der Waals surface area (Å²) >= 11 is 0. The van der Waals surface area contributed by atoms with Crippen LogP contribution in [0.1, 0.15) is 49.4 Å². The number of benzene rings is 2. The van der Waals surface area contributed by atoms with Crippen LogP contribution in [-0.4, -0.2) is 39.8 Å². The fourth-order valence-electron chi connectivity index (χ4n) is 4.80. The predicted octanol–water partition coefficient (Wildman–Crippen LogP) is 5.82. The Hall–Kier alpha value is -4.73. The summed E-state index contributed by atoms with van der Waals surface area (Å²) in [7, 11) is 0. The van der Waals surface area contributed by atoms with Crippen LogP contribution in [0, 0.1) is 0 Å². The zero-order chi connectivity index (χ0) is 27.9. The Morgan fingerprint density at radius 2 is 1.73 bits per heavy atom. The van der Waals surface area contributed by atoms with Gasteiger partial charge in [0.1, 0.15) is 23.0 Å². The number of nitrogens with zero attached hydrogens (tertiary/aromatic N) is 3. The van der Waals surface area contributed by atoms with Gasteiger partial charge < -0.3 is 19.5 Å². The lowest BCUT2D eigenvalue weighted by Gasteiger charge is -2.21. The number of carbonyl (C=O) groups excluding carboxylic acids is 2. The van der Waals surface area contributed by atoms with Crippen molar-refractivity contribution in [3.8, 4) is 11.3 Å². The van der Waals surface area contributed by atoms with Gasteiger partial charge in [-0.15, -0.1) is 0 Å². The van der Waals surface area contributed by atoms with E-state index in [0.29, 0.717) is 11.3 Å². The molecule has 1 aliphatic carbocycles. The quantitative estimate of drug-likeness (QED) is 0.217. The van der Waals surface area contributed by atoms with Gasteiger partial charge in [0.25, 0.3) is 5.56 Å². The van der Waals surface area contributed by atoms with Gasteiger partial charge in [0, 0.05) is 29.1 Å². The molecule has 2 aromatic heterocycles. The van der Waals surface area contributed by atoms with Crippen LogP contribution in [0.15, 0.2) is 71.8 Å². The molecule has 2 heterocycles. The lowest BCUT2D eigenvalue weighted by atomic mass is 9.98. The van der Waals surface area contributed by atoms with E-state index in [9.17, 15) is 14.4 Å². The van der Waals surface area contributed by atoms with Gasteiger partial charge in [-0.05, 0) is 32.6 Å². The molecule has 0 amide bonds. The second-order valence-corrected chi connectivity index (χ2v) is 9.44. The first-order chi connectivity index (χ1) is 19.5. The Kier molecular flexibility index (Phi) is 8.34. The van der Waals surface area contributed by atoms with Gasteiger partial charge in [-0.2, -0.15) is 5.10 Å². The van der Waals surface area contributed by atoms with Crippen molar-refractivity contribution in [2.45, 2.75) is 51.7 Å². The normalized spacial score (nSPS) is 13.5. The number of hydrogen-bond donors (Lipinski definition) is 1. The molecule has 5 rings (SSSR count). The van der Waals surface area contributed by atoms with Gasteiger partial charge in [0.2, 0.25) is 6.79 Å². The van der Waals surface area contributed by atoms with Crippen molar-refractivity contribution < 1.29 is 23.8 Å². The summed E-state index contributed by atoms with van der Waals surface area (Å²) < 4.78 is 17.0. The minimum Gasteiger partial charge on any atom is -0.431 e. The maximum atomic E-state index is 13.6. The molecular weight excluding hydrogens is 512 g/mol. The Bertz CT molecular complexity index is 1560. The molecule has 4 aromatic rings. The van der Waals surface area contributed by atoms with Crippen molar-refractivity contribution >= 4 is 34.3 Å². The average Bonchev–Trinajstić information content (AvgIpc) is 2.99. The third-order valence-electron chi connectivity index (χ3n) is 6.82. The fraction of sp³-hybridized carbons (Fsp3) is 0.300. The van der Waals surface area contributed by atoms with Crippen LogP contribution in [0.2, 0.25) is 0 Å². The van der Waals surface area contributed by atoms with Crippen molar-refractivity contribution in [2.24, 2.45) is 0 Å². The second-order valence-electron chi connectivity index (χ2n) is 9.44. The van der Waals surface area contributed by atoms with E-state index in [0.717, 1.165) is 42.9 Å². The number of esters is 1. The molecule has 2 aromatic carbocycles. The molecule has 0 bridgehead atoms. The lowest BCUT2D eigenvalue weighted by molar-refractivity contribution is -0.0429. The van der Waals surface area contributed by atoms with Crippen LogP contribution < -0.4 is 10.9 Å². The summed E-state index contributed by atoms with van der Waals surface area (Å²) in [4.78, 5) is 43.5. The predicted molar refractivity (Wildman–Crippen MR) is 149 cm³/mol. The number of anilines is 2. The monoisotopic (exact) mass is 542 g/mol. The van der Waals surface area contributed by atoms with E-state index in [1.165, 1.54) is 4.68 Å². The molecule has 1 fully saturated rings. The summed E-state index contributed by atoms with van der Waals surface area (Å²) in [5.74, 6) is -0.882. The summed E-state index contributed by atoms with van der Waals surface area (Å²) in [5, 5.41) is 9.28. The lowest BCUT2D eigenvalue weighted by Crippen LogP contribution is -2.29. The smallest absolute Gasteiger partial charge is 0.431 e. The van der Waals surface area contributed by atoms with E-state index < -0.39 is 24.5 Å². The third-order valence-corrected chi connectivity index (χ3v) is 6.82. The third kappa shape index (κ3) is 5.96. The standard InChI is InChI=1S/C30H30N4O6/c1-2-34-28(35)27(32-24-18-31-17-21-13-9-10-16-23(21)24)25(26(33-34)20-11-5-3-6-12-20)29(36)38-19-39-30(37)40-22-14-7-4-8-15-22/h3,5-6,9-13,16-18,22,32H,2,4,7-8,14-15,19H2,1H3. The van der Waals surface area contributed by atoms with Crippen LogP contribution in [0.5, 0.6) is 0 Å². The van der Waals surface area contributed by atoms with Crippen molar-refractivity contribution in [2.75, 3.05) is 12.1 Å². The van der Waals surface area contributed by atoms with Gasteiger partial charge in [0.15, 0.2) is 0 Å². The van der Waals surface area contributed by atoms with Crippen molar-refractivity contribution in [1.29, 1.82) is 0 Å². The molecule has 1 aliphatic rings. The van der Waals surface area contributed by atoms with Gasteiger partial charge in [-0.1, -0.05) is 61.0 Å². The Morgan fingerprint density at radius 1 is 0.975 bits per heavy atom. The molecule has 1 N–H and O–H groups in total. The molecule has 0 radical (unpaired) electrons. The molecule has 1 saturated carbocycles. The highest BCUT2D eigenvalue weighted by Gasteiger charge is 2.27. The van der Waals surface area contributed by atoms with Crippen LogP contribution in [0.3, 0.4) is 0 Å². The van der Waals surface area contributed by atoms with Crippen LogP contribution in [0.25, 0.3) is 22.0 Å². The van der Waals surface area contributed by atoms with E-state index in [1.54, 1.807) is 43.6 Å². The summed E-state index contributed by atoms with van der Waals surface area (Å²) in [5.41, 5.74) is 0.756. The summed E-state index contributed by atoms with van der Waals surface area (Å²) in [6, 6.07) is 16.6. The van der Waals surface area contributed by atoms with Crippen LogP contribution >= 0.6 is 0 Å². The molecule has 0 unspecified atom stereocenters. The first-order valence-electron chi connectivity index (χ1n) is 13.4. The highest BCUT2D eigenvalue weighted by atomic mass is 16.8. The van der Waals surface area contributed by atoms with Gasteiger partial charge >= 0.3 is 12.1 Å². The van der Waals surface area contributed by atoms with E-state index >= 15 is 0 Å². The SMILES string of the molecule is CCn1nc(-c2ccccc2)c(C(=O)OCOC(=O)OC2CCCCC2)c(Nc2cncc3ccccc23)c1=O. The Balaban J connectivity index is 1.49. The fourth-order valence-corrected chi connectivity index (χ4v) is 4.80. The summed E-state index contributed by atoms with van der Waals surface area (Å²) in [6.45, 7) is 1.38. The van der Waals surface area contributed by atoms with Crippen molar-refractivity contribution in [3.05, 3.63) is 82.9 Å². The number of aryl methyl sites for hydroxylation is 1. The first kappa shape index (κ1) is 26.9. The van der Waals surface area contributed by atoms with Gasteiger partial charge in [0.05, 0.1) is 11.9 Å². The number of rotatable bonds is 8. The maximum absolute atomic E-state index is 13.6. The van der Waals surface area contributed by atoms with E-state index in [2.05, 4.69) is 15.4 Å². The second kappa shape index (κ2) is 12.4. The number of aromatic nitrogens is 3. The zero-order valence-electron chi connectivity index (χ0n) is 22.2. The topological polar surface area (TPSA) is 122 Å². The molecule has 0 aliphatic heterocycles. The van der Waals surface area contributed by atoms with Crippen LogP contribution in [0.4, 0.5) is 16.2 Å². The highest BCUT2D eigenvalue weighted by molar-refractivity contribution is 6.03. The minimum atomic E-state index is -0.900. The van der Waals surface area contributed by atoms with Crippen LogP contribution in [-0.2, 0) is 20.8 Å². The van der Waals surface area contributed by atoms with Gasteiger partial charge in [-0.3, -0.25) is 9.78 Å². The van der Waals surface area contributed by atoms with Crippen molar-refractivity contribution in [1.82, 2.24) is 14.8 Å². The Morgan fingerprint density at radius 3 is 2.50 bits per heavy atom. The highest BCUT2D eigenvalue weighted by Crippen LogP contribution is 2.30. The molecular formula is C30H30N4O6. The number of fused-ring (bicyclic) bond motifs is 1. The molecule has 40 heavy (non-hydrogen) atoms. The summed E-state index contributed by atoms with van der Waals surface area (Å²) in [6.07, 6.45) is 6.87. The first-order valence-corrected chi connectivity index (χ1v) is 13.4. The van der Waals surface area contributed by atoms with Crippen molar-refractivity contribution in [3.63, 3.8) is 0 Å². The van der Waals surface area contributed by atoms with E-state index in [1.807, 2.05) is 30.3 Å². The van der Waals surface area contributed by atoms with E-state index in [-0.39, 0.29) is 29.6 Å². The molecule has 0 spiro atoms. The largest absolute Gasteiger partial charge is 0.511 e. The van der Waals surface area contributed by atoms with E-state index in [4.69, 9.17) is 14.2 Å². The molecule has 10 heteroatoms. The Labute approximate surface area is 230 Å². The number of ether oxygens (including phenoxy) is 3. The number of carbonyl (C=O) groups is 2. The number of hydrogen-bond acceptors (Lipinski definition) is 9. The van der Waals surface area contributed by atoms with Gasteiger partial charge in [-0.25, -0.2) is 14.3 Å².